The van der Waals surface area contributed by atoms with Gasteiger partial charge in [-0.15, -0.1) is 0 Å². The second-order valence-corrected chi connectivity index (χ2v) is 16.2. The van der Waals surface area contributed by atoms with Crippen LogP contribution in [-0.4, -0.2) is 14.4 Å². The first-order valence-electron chi connectivity index (χ1n) is 22.2. The van der Waals surface area contributed by atoms with Gasteiger partial charge in [-0.25, -0.2) is 4.98 Å². The van der Waals surface area contributed by atoms with Crippen LogP contribution in [0.4, 0.5) is 34.1 Å². The van der Waals surface area contributed by atoms with Crippen molar-refractivity contribution in [3.63, 3.8) is 0 Å². The lowest BCUT2D eigenvalue weighted by molar-refractivity contribution is 1.04. The molecule has 0 N–H and O–H groups in total. The molecule has 0 aliphatic heterocycles. The van der Waals surface area contributed by atoms with Crippen molar-refractivity contribution >= 4 is 45.3 Å². The minimum Gasteiger partial charge on any atom is -0.311 e. The summed E-state index contributed by atoms with van der Waals surface area (Å²) < 4.78 is 2.21. The highest BCUT2D eigenvalue weighted by Crippen LogP contribution is 2.41. The fourth-order valence-electron chi connectivity index (χ4n) is 8.92. The summed E-state index contributed by atoms with van der Waals surface area (Å²) in [5, 5.41) is 0. The van der Waals surface area contributed by atoms with Gasteiger partial charge < -0.3 is 9.80 Å². The summed E-state index contributed by atoms with van der Waals surface area (Å²) in [5.41, 5.74) is 19.0. The van der Waals surface area contributed by atoms with E-state index < -0.39 is 0 Å². The Morgan fingerprint density at radius 3 is 1.22 bits per heavy atom. The lowest BCUT2D eigenvalue weighted by Crippen LogP contribution is -2.10. The number of hydrogen-bond acceptors (Lipinski definition) is 4. The minimum atomic E-state index is 0.949. The number of anilines is 6. The normalized spacial score (nSPS) is 12.2. The van der Waals surface area contributed by atoms with Crippen LogP contribution in [0, 0.1) is 0 Å². The molecule has 0 saturated carbocycles. The molecule has 0 atom stereocenters. The minimum absolute atomic E-state index is 0.949. The van der Waals surface area contributed by atoms with Gasteiger partial charge in [0.2, 0.25) is 0 Å². The van der Waals surface area contributed by atoms with Crippen LogP contribution >= 0.6 is 0 Å². The van der Waals surface area contributed by atoms with E-state index in [1.54, 1.807) is 0 Å². The molecule has 1 aliphatic rings. The Hall–Kier alpha value is -8.54. The van der Waals surface area contributed by atoms with Crippen LogP contribution in [0.2, 0.25) is 0 Å². The molecule has 0 radical (unpaired) electrons. The van der Waals surface area contributed by atoms with Crippen LogP contribution < -0.4 is 9.80 Å². The largest absolute Gasteiger partial charge is 0.311 e. The number of benzene rings is 7. The molecule has 0 amide bonds. The highest BCUT2D eigenvalue weighted by atomic mass is 15.1. The quantitative estimate of drug-likeness (QED) is 0.130. The van der Waals surface area contributed by atoms with E-state index in [0.717, 1.165) is 80.7 Å². The van der Waals surface area contributed by atoms with Gasteiger partial charge in [0.25, 0.3) is 0 Å². The third-order valence-corrected chi connectivity index (χ3v) is 12.2. The van der Waals surface area contributed by atoms with Crippen molar-refractivity contribution < 1.29 is 0 Å². The molecule has 0 fully saturated rings. The van der Waals surface area contributed by atoms with Gasteiger partial charge in [0.05, 0.1) is 11.4 Å². The summed E-state index contributed by atoms with van der Waals surface area (Å²) in [4.78, 5) is 14.1. The first-order valence-corrected chi connectivity index (χ1v) is 22.2. The average molecular weight is 836 g/mol. The van der Waals surface area contributed by atoms with E-state index >= 15 is 0 Å². The van der Waals surface area contributed by atoms with E-state index in [1.165, 1.54) is 27.8 Å². The smallest absolute Gasteiger partial charge is 0.137 e. The molecule has 7 aromatic carbocycles. The summed E-state index contributed by atoms with van der Waals surface area (Å²) in [6.45, 7) is 0. The van der Waals surface area contributed by atoms with Crippen LogP contribution in [0.1, 0.15) is 18.5 Å². The summed E-state index contributed by atoms with van der Waals surface area (Å²) in [6, 6.07) is 75.7. The molecule has 0 saturated heterocycles. The van der Waals surface area contributed by atoms with Gasteiger partial charge in [0, 0.05) is 58.3 Å². The van der Waals surface area contributed by atoms with Crippen molar-refractivity contribution in [3.8, 4) is 44.6 Å². The number of nitrogens with zero attached hydrogens (tertiary/aromatic N) is 5. The van der Waals surface area contributed by atoms with E-state index in [4.69, 9.17) is 4.98 Å². The fourth-order valence-corrected chi connectivity index (χ4v) is 8.92. The van der Waals surface area contributed by atoms with Gasteiger partial charge >= 0.3 is 0 Å². The second-order valence-electron chi connectivity index (χ2n) is 16.2. The molecule has 65 heavy (non-hydrogen) atoms. The molecule has 1 aliphatic carbocycles. The van der Waals surface area contributed by atoms with Gasteiger partial charge in [0.1, 0.15) is 5.65 Å². The van der Waals surface area contributed by atoms with Gasteiger partial charge in [0.15, 0.2) is 0 Å². The van der Waals surface area contributed by atoms with Gasteiger partial charge in [-0.1, -0.05) is 146 Å². The van der Waals surface area contributed by atoms with Crippen molar-refractivity contribution in [2.45, 2.75) is 12.8 Å². The van der Waals surface area contributed by atoms with Crippen molar-refractivity contribution in [2.24, 2.45) is 0 Å². The predicted molar refractivity (Wildman–Crippen MR) is 270 cm³/mol. The Kier molecular flexibility index (Phi) is 10.7. The molecule has 5 heteroatoms. The molecule has 310 valence electrons. The maximum Gasteiger partial charge on any atom is 0.137 e. The molecule has 5 nitrogen and oxygen atoms in total. The Morgan fingerprint density at radius 2 is 0.785 bits per heavy atom. The number of rotatable bonds is 11. The van der Waals surface area contributed by atoms with E-state index in [-0.39, 0.29) is 0 Å². The van der Waals surface area contributed by atoms with Crippen molar-refractivity contribution in [1.29, 1.82) is 0 Å². The Bertz CT molecular complexity index is 3160. The van der Waals surface area contributed by atoms with Gasteiger partial charge in [-0.05, 0) is 137 Å². The summed E-state index contributed by atoms with van der Waals surface area (Å²) in [7, 11) is 0. The van der Waals surface area contributed by atoms with Crippen molar-refractivity contribution in [2.75, 3.05) is 9.80 Å². The Labute approximate surface area is 380 Å². The van der Waals surface area contributed by atoms with Crippen molar-refractivity contribution in [3.05, 3.63) is 255 Å². The third-order valence-electron chi connectivity index (χ3n) is 12.2. The lowest BCUT2D eigenvalue weighted by Gasteiger charge is -2.26. The number of pyridine rings is 2. The monoisotopic (exact) mass is 835 g/mol. The first kappa shape index (κ1) is 39.3. The number of aromatic nitrogens is 3. The van der Waals surface area contributed by atoms with Crippen molar-refractivity contribution in [1.82, 2.24) is 14.4 Å². The Morgan fingerprint density at radius 1 is 0.385 bits per heavy atom. The highest BCUT2D eigenvalue weighted by Gasteiger charge is 2.20. The summed E-state index contributed by atoms with van der Waals surface area (Å²) in [6.07, 6.45) is 14.4. The number of hydrogen-bond donors (Lipinski definition) is 0. The zero-order valence-corrected chi connectivity index (χ0v) is 35.8. The van der Waals surface area contributed by atoms with Crippen LogP contribution in [-0.2, 0) is 0 Å². The fraction of sp³-hybridized carbons (Fsp3) is 0.0333. The highest BCUT2D eigenvalue weighted by molar-refractivity contribution is 5.85. The zero-order chi connectivity index (χ0) is 43.4. The van der Waals surface area contributed by atoms with E-state index in [2.05, 4.69) is 256 Å². The zero-order valence-electron chi connectivity index (χ0n) is 35.8. The lowest BCUT2D eigenvalue weighted by atomic mass is 9.98. The average Bonchev–Trinajstić information content (AvgIpc) is 3.79. The maximum absolute atomic E-state index is 5.11. The molecule has 11 rings (SSSR count). The topological polar surface area (TPSA) is 36.7 Å². The molecular weight excluding hydrogens is 791 g/mol. The molecule has 3 aromatic heterocycles. The molecule has 3 heterocycles. The molecule has 10 aromatic rings. The van der Waals surface area contributed by atoms with E-state index in [0.29, 0.717) is 0 Å². The van der Waals surface area contributed by atoms with E-state index in [9.17, 15) is 0 Å². The van der Waals surface area contributed by atoms with E-state index in [1.807, 2.05) is 12.4 Å². The number of fused-ring (bicyclic) bond motifs is 1. The van der Waals surface area contributed by atoms with Crippen LogP contribution in [0.3, 0.4) is 0 Å². The molecule has 0 spiro atoms. The number of imidazole rings is 1. The van der Waals surface area contributed by atoms with Crippen LogP contribution in [0.25, 0.3) is 55.9 Å². The van der Waals surface area contributed by atoms with Crippen LogP contribution in [0.5, 0.6) is 0 Å². The summed E-state index contributed by atoms with van der Waals surface area (Å²) >= 11 is 0. The summed E-state index contributed by atoms with van der Waals surface area (Å²) in [5.74, 6) is 0. The Balaban J connectivity index is 0.896. The molecule has 0 bridgehead atoms. The van der Waals surface area contributed by atoms with Gasteiger partial charge in [-0.3, -0.25) is 9.38 Å². The number of allylic oxidation sites excluding steroid dienone is 4. The van der Waals surface area contributed by atoms with Crippen LogP contribution in [0.15, 0.2) is 249 Å². The maximum atomic E-state index is 5.11. The standard InChI is InChI=1S/C60H45N5/c1-4-12-44(13-5-1)46-19-29-52(30-20-46)64(53-31-21-47(22-32-53)45-14-6-2-7-15-45)54-33-23-48(24-34-54)49-25-35-55(36-26-49)65(57-39-41-61-42-40-57)56-37-27-51(28-38-56)60-59(50-16-8-3-9-17-50)62-58-18-10-11-43-63(58)60/h1-8,10-16,18-43H,9,17H2. The first-order chi connectivity index (χ1) is 32.2. The van der Waals surface area contributed by atoms with Gasteiger partial charge in [-0.2, -0.15) is 0 Å². The predicted octanol–water partition coefficient (Wildman–Crippen LogP) is 16.1. The second kappa shape index (κ2) is 17.7. The molecule has 0 unspecified atom stereocenters. The SMILES string of the molecule is C1=CCCC(c2nc3ccccn3c2-c2ccc(N(c3ccncc3)c3ccc(-c4ccc(N(c5ccc(-c6ccccc6)cc5)c5ccc(-c6ccccc6)cc5)cc4)cc3)cc2)=C1. The molecular formula is C60H45N5. The third kappa shape index (κ3) is 8.03.